The largest absolute Gasteiger partial charge is 0.468 e. The zero-order valence-electron chi connectivity index (χ0n) is 5.72. The van der Waals surface area contributed by atoms with Crippen molar-refractivity contribution >= 4 is 17.7 Å². The number of rotatable bonds is 2. The summed E-state index contributed by atoms with van der Waals surface area (Å²) in [6.07, 6.45) is 0. The lowest BCUT2D eigenvalue weighted by atomic mass is 10.4. The molecule has 0 radical (unpaired) electrons. The van der Waals surface area contributed by atoms with Gasteiger partial charge in [-0.2, -0.15) is 0 Å². The standard InChI is InChI=1S/C5H10ClNO2/c1-4(7(2)6)5(8)9-3/h4H,1-3H3/t4-/m0/s1. The van der Waals surface area contributed by atoms with Gasteiger partial charge in [-0.15, -0.1) is 0 Å². The third kappa shape index (κ3) is 2.67. The minimum atomic E-state index is -0.378. The van der Waals surface area contributed by atoms with Gasteiger partial charge in [0.1, 0.15) is 6.04 Å². The number of carbonyl (C=O) groups is 1. The van der Waals surface area contributed by atoms with Crippen LogP contribution in [-0.2, 0) is 9.53 Å². The fourth-order valence-electron chi connectivity index (χ4n) is 0.316. The molecule has 54 valence electrons. The van der Waals surface area contributed by atoms with Gasteiger partial charge in [-0.3, -0.25) is 4.79 Å². The molecule has 0 aliphatic heterocycles. The number of esters is 1. The maximum atomic E-state index is 10.6. The summed E-state index contributed by atoms with van der Waals surface area (Å²) in [5, 5.41) is 0. The van der Waals surface area contributed by atoms with Crippen molar-refractivity contribution in [2.75, 3.05) is 14.2 Å². The van der Waals surface area contributed by atoms with Crippen molar-refractivity contribution in [3.05, 3.63) is 0 Å². The fraction of sp³-hybridized carbons (Fsp3) is 0.800. The second kappa shape index (κ2) is 3.69. The average molecular weight is 152 g/mol. The molecule has 9 heavy (non-hydrogen) atoms. The van der Waals surface area contributed by atoms with Crippen LogP contribution in [0, 0.1) is 0 Å². The Morgan fingerprint density at radius 3 is 2.33 bits per heavy atom. The van der Waals surface area contributed by atoms with E-state index in [1.165, 1.54) is 11.5 Å². The van der Waals surface area contributed by atoms with Crippen LogP contribution < -0.4 is 0 Å². The highest BCUT2D eigenvalue weighted by atomic mass is 35.5. The van der Waals surface area contributed by atoms with Crippen molar-refractivity contribution < 1.29 is 9.53 Å². The molecule has 0 aliphatic carbocycles. The fourth-order valence-corrected chi connectivity index (χ4v) is 0.395. The normalized spacial score (nSPS) is 13.4. The van der Waals surface area contributed by atoms with Crippen molar-refractivity contribution in [2.45, 2.75) is 13.0 Å². The molecule has 0 N–H and O–H groups in total. The molecule has 3 nitrogen and oxygen atoms in total. The van der Waals surface area contributed by atoms with Crippen LogP contribution in [0.5, 0.6) is 0 Å². The molecule has 0 fully saturated rings. The summed E-state index contributed by atoms with van der Waals surface area (Å²) < 4.78 is 5.68. The highest BCUT2D eigenvalue weighted by Crippen LogP contribution is 1.99. The first-order valence-electron chi connectivity index (χ1n) is 2.56. The molecule has 0 aromatic rings. The van der Waals surface area contributed by atoms with E-state index in [1.807, 2.05) is 0 Å². The van der Waals surface area contributed by atoms with E-state index in [4.69, 9.17) is 11.8 Å². The van der Waals surface area contributed by atoms with Gasteiger partial charge < -0.3 is 4.74 Å². The number of methoxy groups -OCH3 is 1. The number of likely N-dealkylation sites (N-methyl/N-ethyl adjacent to an activating group) is 1. The first-order chi connectivity index (χ1) is 4.09. The van der Waals surface area contributed by atoms with Crippen LogP contribution >= 0.6 is 11.8 Å². The van der Waals surface area contributed by atoms with Gasteiger partial charge in [0.2, 0.25) is 0 Å². The molecule has 0 aromatic heterocycles. The molecule has 0 heterocycles. The third-order valence-corrected chi connectivity index (χ3v) is 1.37. The molecule has 0 saturated heterocycles. The summed E-state index contributed by atoms with van der Waals surface area (Å²) in [5.41, 5.74) is 0. The summed E-state index contributed by atoms with van der Waals surface area (Å²) in [6, 6.07) is -0.378. The smallest absolute Gasteiger partial charge is 0.324 e. The van der Waals surface area contributed by atoms with Gasteiger partial charge >= 0.3 is 5.97 Å². The van der Waals surface area contributed by atoms with Gasteiger partial charge in [0.15, 0.2) is 0 Å². The number of hydrogen-bond donors (Lipinski definition) is 0. The second-order valence-corrected chi connectivity index (χ2v) is 2.26. The molecule has 0 aromatic carbocycles. The van der Waals surface area contributed by atoms with Crippen molar-refractivity contribution in [3.63, 3.8) is 0 Å². The van der Waals surface area contributed by atoms with Gasteiger partial charge in [-0.05, 0) is 18.7 Å². The number of carbonyl (C=O) groups excluding carboxylic acids is 1. The number of nitrogens with zero attached hydrogens (tertiary/aromatic N) is 1. The maximum absolute atomic E-state index is 10.6. The Labute approximate surface area is 59.6 Å². The Balaban J connectivity index is 3.72. The molecule has 0 amide bonds. The van der Waals surface area contributed by atoms with Crippen LogP contribution in [0.15, 0.2) is 0 Å². The zero-order chi connectivity index (χ0) is 7.44. The molecule has 0 spiro atoms. The lowest BCUT2D eigenvalue weighted by molar-refractivity contribution is -0.144. The van der Waals surface area contributed by atoms with E-state index in [0.29, 0.717) is 0 Å². The molecule has 4 heteroatoms. The molecular formula is C5H10ClNO2. The monoisotopic (exact) mass is 151 g/mol. The molecule has 0 bridgehead atoms. The summed E-state index contributed by atoms with van der Waals surface area (Å²) in [6.45, 7) is 1.67. The average Bonchev–Trinajstić information content (AvgIpc) is 1.84. The van der Waals surface area contributed by atoms with Gasteiger partial charge in [0.25, 0.3) is 0 Å². The van der Waals surface area contributed by atoms with E-state index in [-0.39, 0.29) is 12.0 Å². The van der Waals surface area contributed by atoms with Crippen molar-refractivity contribution in [1.82, 2.24) is 4.42 Å². The topological polar surface area (TPSA) is 29.5 Å². The van der Waals surface area contributed by atoms with Crippen molar-refractivity contribution in [1.29, 1.82) is 0 Å². The van der Waals surface area contributed by atoms with Gasteiger partial charge in [-0.1, -0.05) is 0 Å². The van der Waals surface area contributed by atoms with E-state index >= 15 is 0 Å². The lowest BCUT2D eigenvalue weighted by Gasteiger charge is -2.13. The maximum Gasteiger partial charge on any atom is 0.324 e. The third-order valence-electron chi connectivity index (χ3n) is 1.08. The summed E-state index contributed by atoms with van der Waals surface area (Å²) >= 11 is 5.43. The minimum absolute atomic E-state index is 0.326. The summed E-state index contributed by atoms with van der Waals surface area (Å²) in [7, 11) is 2.93. The number of hydrogen-bond acceptors (Lipinski definition) is 3. The first kappa shape index (κ1) is 8.72. The molecule has 0 aliphatic rings. The summed E-state index contributed by atoms with van der Waals surface area (Å²) in [4.78, 5) is 10.6. The van der Waals surface area contributed by atoms with Crippen LogP contribution in [0.25, 0.3) is 0 Å². The predicted molar refractivity (Wildman–Crippen MR) is 35.1 cm³/mol. The van der Waals surface area contributed by atoms with Crippen LogP contribution in [0.3, 0.4) is 0 Å². The minimum Gasteiger partial charge on any atom is -0.468 e. The van der Waals surface area contributed by atoms with Crippen LogP contribution in [0.2, 0.25) is 0 Å². The molecule has 0 rings (SSSR count). The van der Waals surface area contributed by atoms with Gasteiger partial charge in [-0.25, -0.2) is 4.42 Å². The van der Waals surface area contributed by atoms with Crippen LogP contribution in [0.4, 0.5) is 0 Å². The lowest BCUT2D eigenvalue weighted by Crippen LogP contribution is -2.30. The predicted octanol–water partition coefficient (Wildman–Crippen LogP) is 0.633. The number of ether oxygens (including phenoxy) is 1. The Bertz CT molecular complexity index is 105. The Kier molecular flexibility index (Phi) is 3.58. The van der Waals surface area contributed by atoms with Gasteiger partial charge in [0.05, 0.1) is 7.11 Å². The van der Waals surface area contributed by atoms with E-state index in [2.05, 4.69) is 4.74 Å². The second-order valence-electron chi connectivity index (χ2n) is 1.72. The van der Waals surface area contributed by atoms with Crippen molar-refractivity contribution in [2.24, 2.45) is 0 Å². The highest BCUT2D eigenvalue weighted by Gasteiger charge is 2.15. The SMILES string of the molecule is COC(=O)[C@H](C)N(C)Cl. The summed E-state index contributed by atoms with van der Waals surface area (Å²) in [5.74, 6) is -0.326. The van der Waals surface area contributed by atoms with Crippen LogP contribution in [0.1, 0.15) is 6.92 Å². The van der Waals surface area contributed by atoms with Crippen molar-refractivity contribution in [3.8, 4) is 0 Å². The molecule has 1 atom stereocenters. The number of halogens is 1. The Hall–Kier alpha value is -0.280. The Morgan fingerprint density at radius 1 is 1.78 bits per heavy atom. The van der Waals surface area contributed by atoms with E-state index < -0.39 is 0 Å². The molecule has 0 saturated carbocycles. The van der Waals surface area contributed by atoms with Gasteiger partial charge in [0, 0.05) is 7.05 Å². The zero-order valence-corrected chi connectivity index (χ0v) is 6.47. The molecule has 0 unspecified atom stereocenters. The quantitative estimate of drug-likeness (QED) is 0.429. The van der Waals surface area contributed by atoms with E-state index in [0.717, 1.165) is 0 Å². The van der Waals surface area contributed by atoms with E-state index in [9.17, 15) is 4.79 Å². The van der Waals surface area contributed by atoms with E-state index in [1.54, 1.807) is 14.0 Å². The highest BCUT2D eigenvalue weighted by molar-refractivity contribution is 6.14. The molecular weight excluding hydrogens is 142 g/mol. The Morgan fingerprint density at radius 2 is 2.22 bits per heavy atom. The first-order valence-corrected chi connectivity index (χ1v) is 2.90. The van der Waals surface area contributed by atoms with Crippen LogP contribution in [-0.4, -0.2) is 30.6 Å².